The molecule has 46 heavy (non-hydrogen) atoms. The van der Waals surface area contributed by atoms with E-state index < -0.39 is 7.14 Å². The van der Waals surface area contributed by atoms with Gasteiger partial charge in [-0.15, -0.1) is 0 Å². The lowest BCUT2D eigenvalue weighted by Gasteiger charge is -2.42. The minimum absolute atomic E-state index is 0.383. The molecule has 0 saturated carbocycles. The zero-order valence-electron chi connectivity index (χ0n) is 27.3. The van der Waals surface area contributed by atoms with E-state index in [4.69, 9.17) is 14.7 Å². The van der Waals surface area contributed by atoms with Crippen LogP contribution in [0.4, 0.5) is 29.0 Å². The molecule has 2 N–H and O–H groups in total. The average Bonchev–Trinajstić information content (AvgIpc) is 3.06. The second kappa shape index (κ2) is 13.8. The van der Waals surface area contributed by atoms with E-state index in [0.29, 0.717) is 39.5 Å². The van der Waals surface area contributed by atoms with Gasteiger partial charge in [-0.1, -0.05) is 13.0 Å². The van der Waals surface area contributed by atoms with E-state index in [0.717, 1.165) is 86.1 Å². The van der Waals surface area contributed by atoms with Crippen LogP contribution in [0.1, 0.15) is 25.3 Å². The van der Waals surface area contributed by atoms with E-state index in [9.17, 15) is 4.57 Å². The van der Waals surface area contributed by atoms with Crippen LogP contribution in [0, 0.1) is 0 Å². The number of rotatable bonds is 9. The Kier molecular flexibility index (Phi) is 9.80. The van der Waals surface area contributed by atoms with E-state index in [1.165, 1.54) is 0 Å². The van der Waals surface area contributed by atoms with Gasteiger partial charge < -0.3 is 29.7 Å². The molecular formula is C33H43BrN9O2P. The summed E-state index contributed by atoms with van der Waals surface area (Å²) in [5.74, 6) is 2.41. The summed E-state index contributed by atoms with van der Waals surface area (Å²) in [7, 11) is 1.17. The predicted octanol–water partition coefficient (Wildman–Crippen LogP) is 5.70. The summed E-state index contributed by atoms with van der Waals surface area (Å²) >= 11 is 3.59. The molecule has 2 aliphatic heterocycles. The number of hydrogen-bond donors (Lipinski definition) is 2. The number of piperazine rings is 1. The minimum Gasteiger partial charge on any atom is -0.479 e. The SMILES string of the molecule is CCc1cc(Nc2ncc(Br)c(Nc3ccc4ncccc4c3P(C)(C)=O)n2)c(OC)nc1N1CCC(N2CCN(C)CC2)CC1. The second-order valence-electron chi connectivity index (χ2n) is 12.5. The van der Waals surface area contributed by atoms with Crippen LogP contribution in [0.3, 0.4) is 0 Å². The Morgan fingerprint density at radius 3 is 2.46 bits per heavy atom. The minimum atomic E-state index is -2.68. The van der Waals surface area contributed by atoms with Gasteiger partial charge in [0, 0.05) is 68.4 Å². The summed E-state index contributed by atoms with van der Waals surface area (Å²) in [6.45, 7) is 12.3. The van der Waals surface area contributed by atoms with Gasteiger partial charge in [-0.25, -0.2) is 4.98 Å². The van der Waals surface area contributed by atoms with Crippen LogP contribution >= 0.6 is 23.1 Å². The maximum atomic E-state index is 13.5. The number of halogens is 1. The Balaban J connectivity index is 1.23. The van der Waals surface area contributed by atoms with Crippen LogP contribution < -0.4 is 25.6 Å². The van der Waals surface area contributed by atoms with Crippen molar-refractivity contribution in [3.8, 4) is 5.88 Å². The molecule has 1 aromatic carbocycles. The van der Waals surface area contributed by atoms with Crippen molar-refractivity contribution in [2.45, 2.75) is 32.2 Å². The highest BCUT2D eigenvalue weighted by atomic mass is 79.9. The molecule has 2 saturated heterocycles. The highest BCUT2D eigenvalue weighted by molar-refractivity contribution is 9.10. The first-order chi connectivity index (χ1) is 22.1. The number of nitrogens with zero attached hydrogens (tertiary/aromatic N) is 7. The predicted molar refractivity (Wildman–Crippen MR) is 192 cm³/mol. The largest absolute Gasteiger partial charge is 0.479 e. The third kappa shape index (κ3) is 7.00. The highest BCUT2D eigenvalue weighted by Crippen LogP contribution is 2.42. The molecule has 11 nitrogen and oxygen atoms in total. The second-order valence-corrected chi connectivity index (χ2v) is 16.5. The van der Waals surface area contributed by atoms with Crippen molar-refractivity contribution in [2.75, 3.05) is 82.3 Å². The topological polar surface area (TPSA) is 112 Å². The molecule has 0 unspecified atom stereocenters. The molecule has 3 aromatic heterocycles. The van der Waals surface area contributed by atoms with Gasteiger partial charge in [0.25, 0.3) is 0 Å². The number of fused-ring (bicyclic) bond motifs is 1. The number of hydrogen-bond acceptors (Lipinski definition) is 11. The lowest BCUT2D eigenvalue weighted by Crippen LogP contribution is -2.52. The monoisotopic (exact) mass is 707 g/mol. The first-order valence-corrected chi connectivity index (χ1v) is 19.3. The summed E-state index contributed by atoms with van der Waals surface area (Å²) in [4.78, 5) is 26.3. The van der Waals surface area contributed by atoms with E-state index in [1.54, 1.807) is 32.8 Å². The Hall–Kier alpha value is -3.31. The van der Waals surface area contributed by atoms with Gasteiger partial charge >= 0.3 is 0 Å². The van der Waals surface area contributed by atoms with Gasteiger partial charge in [0.2, 0.25) is 11.8 Å². The number of piperidine rings is 1. The molecule has 0 spiro atoms. The van der Waals surface area contributed by atoms with Crippen LogP contribution in [-0.4, -0.2) is 103 Å². The molecule has 0 amide bonds. The zero-order valence-corrected chi connectivity index (χ0v) is 29.7. The number of nitrogens with one attached hydrogen (secondary N) is 2. The Labute approximate surface area is 279 Å². The number of benzene rings is 1. The van der Waals surface area contributed by atoms with Gasteiger partial charge in [-0.05, 0) is 85.4 Å². The van der Waals surface area contributed by atoms with Crippen molar-refractivity contribution in [3.05, 3.63) is 52.8 Å². The summed E-state index contributed by atoms with van der Waals surface area (Å²) in [6, 6.07) is 10.4. The Bertz CT molecular complexity index is 1750. The molecule has 0 atom stereocenters. The van der Waals surface area contributed by atoms with Crippen molar-refractivity contribution in [2.24, 2.45) is 0 Å². The van der Waals surface area contributed by atoms with Crippen LogP contribution in [0.15, 0.2) is 47.2 Å². The van der Waals surface area contributed by atoms with Crippen molar-refractivity contribution in [3.63, 3.8) is 0 Å². The number of pyridine rings is 2. The number of ether oxygens (including phenoxy) is 1. The first kappa shape index (κ1) is 32.6. The standard InChI is InChI=1S/C33H43BrN9O2P/c1-6-22-20-28(32(45-3)40-31(22)43-14-11-23(12-15-43)42-18-16-41(2)17-19-42)38-33-36-21-25(34)30(39-33)37-27-10-9-26-24(8-7-13-35-26)29(27)46(4,5)44/h7-10,13,20-21,23H,6,11-12,14-19H2,1-5H3,(H2,36,37,38,39). The molecule has 0 radical (unpaired) electrons. The van der Waals surface area contributed by atoms with E-state index in [1.807, 2.05) is 24.3 Å². The van der Waals surface area contributed by atoms with Crippen molar-refractivity contribution < 1.29 is 9.30 Å². The molecule has 0 bridgehead atoms. The summed E-state index contributed by atoms with van der Waals surface area (Å²) in [6.07, 6.45) is 6.55. The average molecular weight is 709 g/mol. The molecule has 0 aliphatic carbocycles. The van der Waals surface area contributed by atoms with Gasteiger partial charge in [-0.3, -0.25) is 9.88 Å². The highest BCUT2D eigenvalue weighted by Gasteiger charge is 2.29. The lowest BCUT2D eigenvalue weighted by atomic mass is 10.0. The van der Waals surface area contributed by atoms with Gasteiger partial charge in [0.1, 0.15) is 24.5 Å². The molecule has 6 rings (SSSR count). The van der Waals surface area contributed by atoms with Crippen LogP contribution in [-0.2, 0) is 11.0 Å². The molecule has 2 aliphatic rings. The van der Waals surface area contributed by atoms with Crippen LogP contribution in [0.5, 0.6) is 5.88 Å². The lowest BCUT2D eigenvalue weighted by molar-refractivity contribution is 0.0981. The quantitative estimate of drug-likeness (QED) is 0.209. The van der Waals surface area contributed by atoms with E-state index in [-0.39, 0.29) is 0 Å². The number of anilines is 5. The van der Waals surface area contributed by atoms with Crippen molar-refractivity contribution in [1.82, 2.24) is 29.7 Å². The maximum Gasteiger partial charge on any atom is 0.239 e. The zero-order chi connectivity index (χ0) is 32.4. The fourth-order valence-corrected chi connectivity index (χ4v) is 8.29. The van der Waals surface area contributed by atoms with E-state index >= 15 is 0 Å². The maximum absolute atomic E-state index is 13.5. The van der Waals surface area contributed by atoms with E-state index in [2.05, 4.69) is 71.3 Å². The normalized spacial score (nSPS) is 17.0. The van der Waals surface area contributed by atoms with Crippen LogP contribution in [0.25, 0.3) is 10.9 Å². The molecule has 4 aromatic rings. The number of likely N-dealkylation sites (N-methyl/N-ethyl adjacent to an activating group) is 1. The van der Waals surface area contributed by atoms with Gasteiger partial charge in [-0.2, -0.15) is 9.97 Å². The first-order valence-electron chi connectivity index (χ1n) is 15.9. The number of aromatic nitrogens is 4. The van der Waals surface area contributed by atoms with Gasteiger partial charge in [0.15, 0.2) is 0 Å². The van der Waals surface area contributed by atoms with Gasteiger partial charge in [0.05, 0.1) is 22.8 Å². The third-order valence-corrected chi connectivity index (χ3v) is 11.1. The van der Waals surface area contributed by atoms with Crippen LogP contribution in [0.2, 0.25) is 0 Å². The molecule has 244 valence electrons. The van der Waals surface area contributed by atoms with Crippen molar-refractivity contribution in [1.29, 1.82) is 0 Å². The Morgan fingerprint density at radius 2 is 1.76 bits per heavy atom. The fraction of sp³-hybridized carbons (Fsp3) is 0.455. The molecule has 5 heterocycles. The summed E-state index contributed by atoms with van der Waals surface area (Å²) in [5, 5.41) is 8.34. The number of methoxy groups -OCH3 is 1. The smallest absolute Gasteiger partial charge is 0.239 e. The summed E-state index contributed by atoms with van der Waals surface area (Å²) < 4.78 is 19.9. The molecular weight excluding hydrogens is 665 g/mol. The Morgan fingerprint density at radius 1 is 1.00 bits per heavy atom. The fourth-order valence-electron chi connectivity index (χ4n) is 6.52. The molecule has 13 heteroatoms. The third-order valence-electron chi connectivity index (χ3n) is 8.97. The summed E-state index contributed by atoms with van der Waals surface area (Å²) in [5.41, 5.74) is 3.36. The van der Waals surface area contributed by atoms with Crippen molar-refractivity contribution >= 4 is 68.2 Å². The number of aryl methyl sites for hydroxylation is 1. The molecule has 2 fully saturated rings.